The number of benzene rings is 1. The summed E-state index contributed by atoms with van der Waals surface area (Å²) in [4.78, 5) is 2.44. The summed E-state index contributed by atoms with van der Waals surface area (Å²) in [7, 11) is 0. The fourth-order valence-corrected chi connectivity index (χ4v) is 2.50. The van der Waals surface area contributed by atoms with Gasteiger partial charge < -0.3 is 5.32 Å². The van der Waals surface area contributed by atoms with Crippen molar-refractivity contribution in [3.05, 3.63) is 35.6 Å². The first-order chi connectivity index (χ1) is 8.52. The molecule has 0 bridgehead atoms. The van der Waals surface area contributed by atoms with Crippen LogP contribution in [0.25, 0.3) is 0 Å². The molecule has 0 aromatic heterocycles. The Morgan fingerprint density at radius 2 is 2.28 bits per heavy atom. The molecule has 1 aromatic carbocycles. The SMILES string of the molecule is CCC1(C)CN(Cc2cccc(F)c2)C(C)CN1. The van der Waals surface area contributed by atoms with Gasteiger partial charge in [-0.05, 0) is 38.0 Å². The van der Waals surface area contributed by atoms with Crippen molar-refractivity contribution in [1.29, 1.82) is 0 Å². The lowest BCUT2D eigenvalue weighted by molar-refractivity contribution is 0.0865. The second-order valence-corrected chi connectivity index (χ2v) is 5.68. The van der Waals surface area contributed by atoms with Gasteiger partial charge in [-0.3, -0.25) is 4.90 Å². The van der Waals surface area contributed by atoms with E-state index >= 15 is 0 Å². The molecule has 1 N–H and O–H groups in total. The van der Waals surface area contributed by atoms with Gasteiger partial charge in [0.2, 0.25) is 0 Å². The second kappa shape index (κ2) is 5.37. The maximum absolute atomic E-state index is 13.2. The van der Waals surface area contributed by atoms with E-state index in [2.05, 4.69) is 31.0 Å². The first-order valence-corrected chi connectivity index (χ1v) is 6.76. The zero-order valence-corrected chi connectivity index (χ0v) is 11.5. The fraction of sp³-hybridized carbons (Fsp3) is 0.600. The van der Waals surface area contributed by atoms with E-state index in [-0.39, 0.29) is 11.4 Å². The van der Waals surface area contributed by atoms with Crippen LogP contribution < -0.4 is 5.32 Å². The third kappa shape index (κ3) is 3.09. The van der Waals surface area contributed by atoms with Crippen molar-refractivity contribution in [2.75, 3.05) is 13.1 Å². The summed E-state index contributed by atoms with van der Waals surface area (Å²) in [6.07, 6.45) is 1.11. The highest BCUT2D eigenvalue weighted by Crippen LogP contribution is 2.20. The number of rotatable bonds is 3. The van der Waals surface area contributed by atoms with Crippen LogP contribution in [0.5, 0.6) is 0 Å². The van der Waals surface area contributed by atoms with Crippen molar-refractivity contribution in [2.45, 2.75) is 45.3 Å². The first kappa shape index (κ1) is 13.5. The van der Waals surface area contributed by atoms with Crippen LogP contribution in [-0.4, -0.2) is 29.6 Å². The van der Waals surface area contributed by atoms with Crippen LogP contribution in [0.1, 0.15) is 32.8 Å². The Hall–Kier alpha value is -0.930. The molecule has 1 aliphatic heterocycles. The van der Waals surface area contributed by atoms with E-state index in [9.17, 15) is 4.39 Å². The summed E-state index contributed by atoms with van der Waals surface area (Å²) in [5, 5.41) is 3.61. The zero-order chi connectivity index (χ0) is 13.2. The van der Waals surface area contributed by atoms with Gasteiger partial charge in [0, 0.05) is 31.2 Å². The lowest BCUT2D eigenvalue weighted by Gasteiger charge is -2.45. The van der Waals surface area contributed by atoms with Gasteiger partial charge in [-0.25, -0.2) is 4.39 Å². The highest BCUT2D eigenvalue weighted by molar-refractivity contribution is 5.16. The van der Waals surface area contributed by atoms with Crippen LogP contribution in [0.3, 0.4) is 0 Å². The highest BCUT2D eigenvalue weighted by atomic mass is 19.1. The third-order valence-corrected chi connectivity index (χ3v) is 4.05. The number of hydrogen-bond acceptors (Lipinski definition) is 2. The molecule has 18 heavy (non-hydrogen) atoms. The summed E-state index contributed by atoms with van der Waals surface area (Å²) >= 11 is 0. The summed E-state index contributed by atoms with van der Waals surface area (Å²) in [5.74, 6) is -0.145. The molecule has 3 heteroatoms. The van der Waals surface area contributed by atoms with E-state index in [0.717, 1.165) is 31.6 Å². The molecule has 2 nitrogen and oxygen atoms in total. The summed E-state index contributed by atoms with van der Waals surface area (Å²) < 4.78 is 13.2. The molecule has 1 fully saturated rings. The van der Waals surface area contributed by atoms with Crippen LogP contribution in [0.15, 0.2) is 24.3 Å². The topological polar surface area (TPSA) is 15.3 Å². The van der Waals surface area contributed by atoms with Gasteiger partial charge in [0.1, 0.15) is 5.82 Å². The van der Waals surface area contributed by atoms with Crippen LogP contribution in [0, 0.1) is 5.82 Å². The third-order valence-electron chi connectivity index (χ3n) is 4.05. The van der Waals surface area contributed by atoms with Crippen molar-refractivity contribution >= 4 is 0 Å². The fourth-order valence-electron chi connectivity index (χ4n) is 2.50. The van der Waals surface area contributed by atoms with Crippen LogP contribution in [0.2, 0.25) is 0 Å². The molecule has 0 amide bonds. The quantitative estimate of drug-likeness (QED) is 0.887. The number of nitrogens with one attached hydrogen (secondary N) is 1. The number of hydrogen-bond donors (Lipinski definition) is 1. The predicted molar refractivity (Wildman–Crippen MR) is 73.0 cm³/mol. The summed E-state index contributed by atoms with van der Waals surface area (Å²) in [5.41, 5.74) is 1.24. The van der Waals surface area contributed by atoms with Gasteiger partial charge in [0.05, 0.1) is 0 Å². The van der Waals surface area contributed by atoms with Crippen molar-refractivity contribution in [3.63, 3.8) is 0 Å². The van der Waals surface area contributed by atoms with Gasteiger partial charge in [0.25, 0.3) is 0 Å². The van der Waals surface area contributed by atoms with Gasteiger partial charge >= 0.3 is 0 Å². The molecule has 1 saturated heterocycles. The minimum absolute atomic E-state index is 0.145. The maximum Gasteiger partial charge on any atom is 0.123 e. The van der Waals surface area contributed by atoms with Crippen LogP contribution in [0.4, 0.5) is 4.39 Å². The molecule has 1 aliphatic rings. The molecular formula is C15H23FN2. The Kier molecular flexibility index (Phi) is 4.03. The molecule has 2 unspecified atom stereocenters. The van der Waals surface area contributed by atoms with Crippen LogP contribution in [-0.2, 0) is 6.54 Å². The van der Waals surface area contributed by atoms with E-state index < -0.39 is 0 Å². The normalized spacial score (nSPS) is 29.4. The van der Waals surface area contributed by atoms with E-state index in [4.69, 9.17) is 0 Å². The number of piperazine rings is 1. The molecule has 1 heterocycles. The minimum atomic E-state index is -0.145. The first-order valence-electron chi connectivity index (χ1n) is 6.76. The molecular weight excluding hydrogens is 227 g/mol. The molecule has 0 spiro atoms. The lowest BCUT2D eigenvalue weighted by atomic mass is 9.93. The van der Waals surface area contributed by atoms with Gasteiger partial charge in [0.15, 0.2) is 0 Å². The summed E-state index contributed by atoms with van der Waals surface area (Å²) in [6.45, 7) is 9.54. The standard InChI is InChI=1S/C15H23FN2/c1-4-15(3)11-18(12(2)9-17-15)10-13-6-5-7-14(16)8-13/h5-8,12,17H,4,9-11H2,1-3H3. The predicted octanol–water partition coefficient (Wildman–Crippen LogP) is 2.79. The van der Waals surface area contributed by atoms with Gasteiger partial charge in [-0.15, -0.1) is 0 Å². The average Bonchev–Trinajstić information content (AvgIpc) is 2.34. The van der Waals surface area contributed by atoms with Crippen molar-refractivity contribution in [2.24, 2.45) is 0 Å². The Labute approximate surface area is 109 Å². The Bertz CT molecular complexity index is 407. The Balaban J connectivity index is 2.07. The second-order valence-electron chi connectivity index (χ2n) is 5.68. The number of halogens is 1. The van der Waals surface area contributed by atoms with Crippen molar-refractivity contribution < 1.29 is 4.39 Å². The maximum atomic E-state index is 13.2. The molecule has 2 rings (SSSR count). The largest absolute Gasteiger partial charge is 0.309 e. The average molecular weight is 250 g/mol. The summed E-state index contributed by atoms with van der Waals surface area (Å²) in [6, 6.07) is 7.42. The zero-order valence-electron chi connectivity index (χ0n) is 11.5. The van der Waals surface area contributed by atoms with Gasteiger partial charge in [-0.1, -0.05) is 19.1 Å². The molecule has 0 aliphatic carbocycles. The Morgan fingerprint density at radius 3 is 2.94 bits per heavy atom. The molecule has 100 valence electrons. The van der Waals surface area contributed by atoms with E-state index in [0.29, 0.717) is 6.04 Å². The number of nitrogens with zero attached hydrogens (tertiary/aromatic N) is 1. The van der Waals surface area contributed by atoms with Crippen LogP contribution >= 0.6 is 0 Å². The van der Waals surface area contributed by atoms with E-state index in [1.165, 1.54) is 6.07 Å². The monoisotopic (exact) mass is 250 g/mol. The molecule has 1 aromatic rings. The molecule has 2 atom stereocenters. The Morgan fingerprint density at radius 1 is 1.50 bits per heavy atom. The molecule has 0 radical (unpaired) electrons. The molecule has 0 saturated carbocycles. The minimum Gasteiger partial charge on any atom is -0.309 e. The van der Waals surface area contributed by atoms with Crippen molar-refractivity contribution in [1.82, 2.24) is 10.2 Å². The van der Waals surface area contributed by atoms with E-state index in [1.807, 2.05) is 6.07 Å². The lowest BCUT2D eigenvalue weighted by Crippen LogP contribution is -2.61. The smallest absolute Gasteiger partial charge is 0.123 e. The van der Waals surface area contributed by atoms with Gasteiger partial charge in [-0.2, -0.15) is 0 Å². The highest BCUT2D eigenvalue weighted by Gasteiger charge is 2.32. The van der Waals surface area contributed by atoms with E-state index in [1.54, 1.807) is 12.1 Å². The van der Waals surface area contributed by atoms with Crippen molar-refractivity contribution in [3.8, 4) is 0 Å².